The van der Waals surface area contributed by atoms with Crippen molar-refractivity contribution in [3.05, 3.63) is 16.0 Å². The molecule has 4 rings (SSSR count). The minimum absolute atomic E-state index is 0.164. The number of hydrogen-bond donors (Lipinski definition) is 1. The standard InChI is InChI=1S/C17H20N2OS/c18-9-14-12-3-1-2-4-15(12)21-17(14)19-16(20)13-8-10-5-6-11(13)7-10/h10-11,13H,1-8H2,(H,19,20)/t10-,11-,13-/m1/s1. The minimum atomic E-state index is 0.164. The Balaban J connectivity index is 1.56. The first kappa shape index (κ1) is 13.3. The zero-order valence-corrected chi connectivity index (χ0v) is 13.0. The van der Waals surface area contributed by atoms with Crippen LogP contribution in [0.15, 0.2) is 0 Å². The number of fused-ring (bicyclic) bond motifs is 3. The zero-order valence-electron chi connectivity index (χ0n) is 12.2. The molecule has 0 saturated heterocycles. The molecule has 1 amide bonds. The van der Waals surface area contributed by atoms with E-state index in [0.717, 1.165) is 42.2 Å². The second-order valence-corrected chi connectivity index (χ2v) is 7.90. The van der Waals surface area contributed by atoms with Crippen molar-refractivity contribution in [2.75, 3.05) is 5.32 Å². The zero-order chi connectivity index (χ0) is 14.4. The molecule has 0 unspecified atom stereocenters. The van der Waals surface area contributed by atoms with Crippen LogP contribution in [0.4, 0.5) is 5.00 Å². The first-order valence-corrected chi connectivity index (χ1v) is 8.93. The maximum absolute atomic E-state index is 12.6. The van der Waals surface area contributed by atoms with Gasteiger partial charge in [-0.15, -0.1) is 11.3 Å². The number of hydrogen-bond acceptors (Lipinski definition) is 3. The number of carbonyl (C=O) groups excluding carboxylic acids is 1. The number of anilines is 1. The Hall–Kier alpha value is -1.34. The maximum Gasteiger partial charge on any atom is 0.228 e. The summed E-state index contributed by atoms with van der Waals surface area (Å²) in [6, 6.07) is 2.33. The third-order valence-electron chi connectivity index (χ3n) is 5.59. The van der Waals surface area contributed by atoms with Gasteiger partial charge in [0.25, 0.3) is 0 Å². The average Bonchev–Trinajstić information content (AvgIpc) is 3.20. The highest BCUT2D eigenvalue weighted by Crippen LogP contribution is 2.49. The summed E-state index contributed by atoms with van der Waals surface area (Å²) in [6.45, 7) is 0. The summed E-state index contributed by atoms with van der Waals surface area (Å²) in [5.41, 5.74) is 1.95. The lowest BCUT2D eigenvalue weighted by Gasteiger charge is -2.20. The lowest BCUT2D eigenvalue weighted by molar-refractivity contribution is -0.121. The second kappa shape index (κ2) is 5.14. The molecule has 1 aromatic heterocycles. The topological polar surface area (TPSA) is 52.9 Å². The molecule has 110 valence electrons. The third-order valence-corrected chi connectivity index (χ3v) is 6.80. The van der Waals surface area contributed by atoms with Crippen molar-refractivity contribution in [2.45, 2.75) is 51.4 Å². The van der Waals surface area contributed by atoms with E-state index < -0.39 is 0 Å². The number of thiophene rings is 1. The molecule has 0 aliphatic heterocycles. The molecular formula is C17H20N2OS. The molecule has 1 aromatic rings. The molecule has 1 heterocycles. The summed E-state index contributed by atoms with van der Waals surface area (Å²) < 4.78 is 0. The average molecular weight is 300 g/mol. The molecule has 3 aliphatic carbocycles. The van der Waals surface area contributed by atoms with Crippen LogP contribution in [-0.2, 0) is 17.6 Å². The van der Waals surface area contributed by atoms with E-state index in [9.17, 15) is 10.1 Å². The number of amides is 1. The van der Waals surface area contributed by atoms with Crippen molar-refractivity contribution in [2.24, 2.45) is 17.8 Å². The smallest absolute Gasteiger partial charge is 0.228 e. The van der Waals surface area contributed by atoms with Crippen LogP contribution < -0.4 is 5.32 Å². The number of rotatable bonds is 2. The molecule has 21 heavy (non-hydrogen) atoms. The van der Waals surface area contributed by atoms with Crippen LogP contribution in [-0.4, -0.2) is 5.91 Å². The van der Waals surface area contributed by atoms with Crippen LogP contribution in [0.5, 0.6) is 0 Å². The summed E-state index contributed by atoms with van der Waals surface area (Å²) in [4.78, 5) is 13.9. The summed E-state index contributed by atoms with van der Waals surface area (Å²) >= 11 is 1.64. The minimum Gasteiger partial charge on any atom is -0.316 e. The number of nitrogens with one attached hydrogen (secondary N) is 1. The lowest BCUT2D eigenvalue weighted by Crippen LogP contribution is -2.27. The Morgan fingerprint density at radius 2 is 2.10 bits per heavy atom. The second-order valence-electron chi connectivity index (χ2n) is 6.80. The van der Waals surface area contributed by atoms with Gasteiger partial charge in [0.05, 0.1) is 5.56 Å². The van der Waals surface area contributed by atoms with E-state index in [4.69, 9.17) is 0 Å². The molecule has 0 radical (unpaired) electrons. The number of nitrogens with zero attached hydrogens (tertiary/aromatic N) is 1. The Bertz CT molecular complexity index is 627. The molecule has 3 nitrogen and oxygen atoms in total. The van der Waals surface area contributed by atoms with E-state index in [1.54, 1.807) is 11.3 Å². The Kier molecular flexibility index (Phi) is 3.26. The maximum atomic E-state index is 12.6. The number of carbonyl (C=O) groups is 1. The van der Waals surface area contributed by atoms with Gasteiger partial charge >= 0.3 is 0 Å². The highest BCUT2D eigenvalue weighted by atomic mass is 32.1. The molecular weight excluding hydrogens is 280 g/mol. The molecule has 1 N–H and O–H groups in total. The van der Waals surface area contributed by atoms with E-state index in [0.29, 0.717) is 5.92 Å². The fraction of sp³-hybridized carbons (Fsp3) is 0.647. The van der Waals surface area contributed by atoms with Crippen LogP contribution in [0, 0.1) is 29.1 Å². The SMILES string of the molecule is N#Cc1c(NC(=O)[C@@H]2C[C@@H]3CC[C@@H]2C3)sc2c1CCCC2. The monoisotopic (exact) mass is 300 g/mol. The van der Waals surface area contributed by atoms with Gasteiger partial charge in [0.2, 0.25) is 5.91 Å². The van der Waals surface area contributed by atoms with Gasteiger partial charge in [0.1, 0.15) is 11.1 Å². The molecule has 3 aliphatic rings. The fourth-order valence-electron chi connectivity index (χ4n) is 4.54. The van der Waals surface area contributed by atoms with E-state index >= 15 is 0 Å². The first-order chi connectivity index (χ1) is 10.3. The van der Waals surface area contributed by atoms with Crippen molar-refractivity contribution in [3.8, 4) is 6.07 Å². The summed E-state index contributed by atoms with van der Waals surface area (Å²) in [5, 5.41) is 13.4. The van der Waals surface area contributed by atoms with Gasteiger partial charge in [0, 0.05) is 10.8 Å². The van der Waals surface area contributed by atoms with Crippen molar-refractivity contribution >= 4 is 22.2 Å². The molecule has 2 bridgehead atoms. The highest BCUT2D eigenvalue weighted by molar-refractivity contribution is 7.16. The van der Waals surface area contributed by atoms with E-state index in [2.05, 4.69) is 11.4 Å². The van der Waals surface area contributed by atoms with E-state index in [-0.39, 0.29) is 11.8 Å². The van der Waals surface area contributed by atoms with Crippen LogP contribution in [0.1, 0.15) is 54.5 Å². The normalized spacial score (nSPS) is 30.0. The Morgan fingerprint density at radius 3 is 2.81 bits per heavy atom. The van der Waals surface area contributed by atoms with Crippen LogP contribution in [0.3, 0.4) is 0 Å². The fourth-order valence-corrected chi connectivity index (χ4v) is 5.79. The van der Waals surface area contributed by atoms with Crippen molar-refractivity contribution in [1.82, 2.24) is 0 Å². The Labute approximate surface area is 129 Å². The van der Waals surface area contributed by atoms with Gasteiger partial charge in [-0.1, -0.05) is 6.42 Å². The predicted octanol–water partition coefficient (Wildman–Crippen LogP) is 3.87. The third kappa shape index (κ3) is 2.19. The van der Waals surface area contributed by atoms with E-state index in [1.807, 2.05) is 0 Å². The van der Waals surface area contributed by atoms with Gasteiger partial charge < -0.3 is 5.32 Å². The lowest BCUT2D eigenvalue weighted by atomic mass is 9.88. The van der Waals surface area contributed by atoms with Gasteiger partial charge in [0.15, 0.2) is 0 Å². The molecule has 0 spiro atoms. The quantitative estimate of drug-likeness (QED) is 0.901. The molecule has 4 heteroatoms. The largest absolute Gasteiger partial charge is 0.316 e. The summed E-state index contributed by atoms with van der Waals surface area (Å²) in [5.74, 6) is 1.72. The van der Waals surface area contributed by atoms with Crippen LogP contribution in [0.25, 0.3) is 0 Å². The van der Waals surface area contributed by atoms with Crippen molar-refractivity contribution in [3.63, 3.8) is 0 Å². The van der Waals surface area contributed by atoms with E-state index in [1.165, 1.54) is 36.1 Å². The molecule has 0 aromatic carbocycles. The number of aryl methyl sites for hydroxylation is 1. The van der Waals surface area contributed by atoms with Gasteiger partial charge in [-0.2, -0.15) is 5.26 Å². The number of nitriles is 1. The van der Waals surface area contributed by atoms with Crippen molar-refractivity contribution < 1.29 is 4.79 Å². The van der Waals surface area contributed by atoms with Crippen LogP contribution in [0.2, 0.25) is 0 Å². The summed E-state index contributed by atoms with van der Waals surface area (Å²) in [6.07, 6.45) is 9.27. The molecule has 2 saturated carbocycles. The van der Waals surface area contributed by atoms with Crippen LogP contribution >= 0.6 is 11.3 Å². The van der Waals surface area contributed by atoms with Crippen molar-refractivity contribution in [1.29, 1.82) is 5.26 Å². The molecule has 2 fully saturated rings. The summed E-state index contributed by atoms with van der Waals surface area (Å²) in [7, 11) is 0. The predicted molar refractivity (Wildman–Crippen MR) is 83.2 cm³/mol. The van der Waals surface area contributed by atoms with Gasteiger partial charge in [-0.25, -0.2) is 0 Å². The Morgan fingerprint density at radius 1 is 1.24 bits per heavy atom. The molecule has 3 atom stereocenters. The van der Waals surface area contributed by atoms with Gasteiger partial charge in [-0.3, -0.25) is 4.79 Å². The first-order valence-electron chi connectivity index (χ1n) is 8.11. The highest BCUT2D eigenvalue weighted by Gasteiger charge is 2.43. The van der Waals surface area contributed by atoms with Gasteiger partial charge in [-0.05, 0) is 62.3 Å².